The number of benzene rings is 1. The van der Waals surface area contributed by atoms with Crippen molar-refractivity contribution in [1.82, 2.24) is 15.5 Å². The van der Waals surface area contributed by atoms with Gasteiger partial charge >= 0.3 is 0 Å². The normalized spacial score (nSPS) is 14.4. The van der Waals surface area contributed by atoms with Crippen LogP contribution >= 0.6 is 15.9 Å². The molecule has 6 nitrogen and oxygen atoms in total. The van der Waals surface area contributed by atoms with Gasteiger partial charge in [-0.25, -0.2) is 0 Å². The monoisotopic (exact) mass is 322 g/mol. The van der Waals surface area contributed by atoms with Crippen molar-refractivity contribution >= 4 is 27.5 Å². The second kappa shape index (κ2) is 4.65. The maximum atomic E-state index is 11.8. The quantitative estimate of drug-likeness (QED) is 0.842. The predicted octanol–water partition coefficient (Wildman–Crippen LogP) is 1.97. The molecule has 0 aliphatic heterocycles. The van der Waals surface area contributed by atoms with Crippen LogP contribution in [0.15, 0.2) is 27.2 Å². The highest BCUT2D eigenvalue weighted by atomic mass is 79.9. The Morgan fingerprint density at radius 3 is 3.00 bits per heavy atom. The number of hydrogen-bond acceptors (Lipinski definition) is 5. The van der Waals surface area contributed by atoms with Crippen LogP contribution in [0.3, 0.4) is 0 Å². The molecule has 1 amide bonds. The van der Waals surface area contributed by atoms with E-state index in [9.17, 15) is 4.79 Å². The maximum Gasteiger partial charge on any atom is 0.292 e. The van der Waals surface area contributed by atoms with E-state index in [0.29, 0.717) is 11.3 Å². The Labute approximate surface area is 117 Å². The van der Waals surface area contributed by atoms with E-state index in [1.165, 1.54) is 0 Å². The molecule has 0 saturated heterocycles. The van der Waals surface area contributed by atoms with Gasteiger partial charge in [-0.15, -0.1) is 0 Å². The van der Waals surface area contributed by atoms with Crippen LogP contribution in [0, 0.1) is 0 Å². The SMILES string of the molecule is Nc1c(Br)cccc1-c1nc(C(=O)NC2CC2)no1. The number of nitrogen functional groups attached to an aromatic ring is 1. The van der Waals surface area contributed by atoms with E-state index in [-0.39, 0.29) is 23.7 Å². The number of rotatable bonds is 3. The topological polar surface area (TPSA) is 94.0 Å². The number of aromatic nitrogens is 2. The van der Waals surface area contributed by atoms with Gasteiger partial charge in [0.1, 0.15) is 0 Å². The third-order valence-corrected chi connectivity index (χ3v) is 3.52. The van der Waals surface area contributed by atoms with Gasteiger partial charge in [0, 0.05) is 10.5 Å². The zero-order chi connectivity index (χ0) is 13.4. The number of hydrogen-bond donors (Lipinski definition) is 2. The molecule has 1 aromatic carbocycles. The Morgan fingerprint density at radius 1 is 1.47 bits per heavy atom. The molecule has 1 saturated carbocycles. The lowest BCUT2D eigenvalue weighted by Gasteiger charge is -2.01. The molecule has 7 heteroatoms. The summed E-state index contributed by atoms with van der Waals surface area (Å²) in [4.78, 5) is 15.8. The van der Waals surface area contributed by atoms with Gasteiger partial charge in [-0.05, 0) is 40.9 Å². The van der Waals surface area contributed by atoms with Crippen molar-refractivity contribution in [1.29, 1.82) is 0 Å². The Bertz CT molecular complexity index is 636. The lowest BCUT2D eigenvalue weighted by molar-refractivity contribution is 0.0937. The summed E-state index contributed by atoms with van der Waals surface area (Å²) in [5.41, 5.74) is 7.02. The standard InChI is InChI=1S/C12H11BrN4O2/c13-8-3-1-2-7(9(8)14)12-16-10(17-19-12)11(18)15-6-4-5-6/h1-3,6H,4-5,14H2,(H,15,18). The van der Waals surface area contributed by atoms with E-state index < -0.39 is 0 Å². The number of nitrogens with two attached hydrogens (primary N) is 1. The van der Waals surface area contributed by atoms with Gasteiger partial charge in [-0.1, -0.05) is 11.2 Å². The molecule has 0 unspecified atom stereocenters. The Kier molecular flexibility index (Phi) is 2.98. The first kappa shape index (κ1) is 12.2. The number of para-hydroxylation sites is 1. The summed E-state index contributed by atoms with van der Waals surface area (Å²) >= 11 is 3.33. The number of nitrogens with zero attached hydrogens (tertiary/aromatic N) is 2. The zero-order valence-corrected chi connectivity index (χ0v) is 11.5. The van der Waals surface area contributed by atoms with Crippen LogP contribution in [-0.4, -0.2) is 22.1 Å². The van der Waals surface area contributed by atoms with Gasteiger partial charge < -0.3 is 15.6 Å². The number of carbonyl (C=O) groups is 1. The smallest absolute Gasteiger partial charge is 0.292 e. The summed E-state index contributed by atoms with van der Waals surface area (Å²) in [6, 6.07) is 5.64. The van der Waals surface area contributed by atoms with Crippen LogP contribution in [0.2, 0.25) is 0 Å². The summed E-state index contributed by atoms with van der Waals surface area (Å²) in [6.07, 6.45) is 2.02. The van der Waals surface area contributed by atoms with Crippen LogP contribution < -0.4 is 11.1 Å². The first-order valence-electron chi connectivity index (χ1n) is 5.84. The molecule has 98 valence electrons. The third kappa shape index (κ3) is 2.46. The van der Waals surface area contributed by atoms with Gasteiger partial charge in [-0.3, -0.25) is 4.79 Å². The molecule has 0 atom stereocenters. The molecule has 19 heavy (non-hydrogen) atoms. The molecule has 0 radical (unpaired) electrons. The van der Waals surface area contributed by atoms with Crippen LogP contribution in [0.4, 0.5) is 5.69 Å². The zero-order valence-electron chi connectivity index (χ0n) is 9.89. The highest BCUT2D eigenvalue weighted by molar-refractivity contribution is 9.10. The molecule has 3 N–H and O–H groups in total. The van der Waals surface area contributed by atoms with Gasteiger partial charge in [0.25, 0.3) is 17.6 Å². The summed E-state index contributed by atoms with van der Waals surface area (Å²) in [7, 11) is 0. The van der Waals surface area contributed by atoms with E-state index in [1.807, 2.05) is 12.1 Å². The molecule has 1 aliphatic rings. The number of amides is 1. The fourth-order valence-corrected chi connectivity index (χ4v) is 1.99. The summed E-state index contributed by atoms with van der Waals surface area (Å²) in [6.45, 7) is 0. The van der Waals surface area contributed by atoms with Crippen molar-refractivity contribution in [3.8, 4) is 11.5 Å². The minimum atomic E-state index is -0.314. The van der Waals surface area contributed by atoms with Crippen LogP contribution in [0.25, 0.3) is 11.5 Å². The molecule has 3 rings (SSSR count). The number of nitrogens with one attached hydrogen (secondary N) is 1. The summed E-state index contributed by atoms with van der Waals surface area (Å²) in [5, 5.41) is 6.47. The van der Waals surface area contributed by atoms with Crippen molar-refractivity contribution in [3.05, 3.63) is 28.5 Å². The van der Waals surface area contributed by atoms with Crippen molar-refractivity contribution in [2.75, 3.05) is 5.73 Å². The first-order chi connectivity index (χ1) is 9.15. The number of halogens is 1. The van der Waals surface area contributed by atoms with Crippen LogP contribution in [0.1, 0.15) is 23.5 Å². The highest BCUT2D eigenvalue weighted by Gasteiger charge is 2.26. The molecule has 2 aromatic rings. The van der Waals surface area contributed by atoms with Crippen molar-refractivity contribution in [3.63, 3.8) is 0 Å². The number of carbonyl (C=O) groups excluding carboxylic acids is 1. The lowest BCUT2D eigenvalue weighted by atomic mass is 10.2. The molecule has 1 aliphatic carbocycles. The first-order valence-corrected chi connectivity index (χ1v) is 6.63. The molecule has 0 spiro atoms. The Hall–Kier alpha value is -1.89. The second-order valence-corrected chi connectivity index (χ2v) is 5.23. The molecule has 0 bridgehead atoms. The predicted molar refractivity (Wildman–Crippen MR) is 72.3 cm³/mol. The molecule has 1 aromatic heterocycles. The summed E-state index contributed by atoms with van der Waals surface area (Å²) < 4.78 is 5.83. The van der Waals surface area contributed by atoms with E-state index in [4.69, 9.17) is 10.3 Å². The molecule has 1 heterocycles. The number of anilines is 1. The van der Waals surface area contributed by atoms with Gasteiger partial charge in [0.2, 0.25) is 0 Å². The maximum absolute atomic E-state index is 11.8. The third-order valence-electron chi connectivity index (χ3n) is 2.83. The molecule has 1 fully saturated rings. The van der Waals surface area contributed by atoms with Crippen molar-refractivity contribution < 1.29 is 9.32 Å². The minimum Gasteiger partial charge on any atom is -0.397 e. The van der Waals surface area contributed by atoms with Crippen LogP contribution in [0.5, 0.6) is 0 Å². The average Bonchev–Trinajstić information content (AvgIpc) is 3.06. The lowest BCUT2D eigenvalue weighted by Crippen LogP contribution is -2.26. The largest absolute Gasteiger partial charge is 0.397 e. The molecular weight excluding hydrogens is 312 g/mol. The fraction of sp³-hybridized carbons (Fsp3) is 0.250. The van der Waals surface area contributed by atoms with E-state index in [1.54, 1.807) is 6.07 Å². The van der Waals surface area contributed by atoms with Crippen LogP contribution in [-0.2, 0) is 0 Å². The summed E-state index contributed by atoms with van der Waals surface area (Å²) in [5.74, 6) is -0.0490. The van der Waals surface area contributed by atoms with Gasteiger partial charge in [-0.2, -0.15) is 4.98 Å². The van der Waals surface area contributed by atoms with Crippen molar-refractivity contribution in [2.24, 2.45) is 0 Å². The van der Waals surface area contributed by atoms with E-state index in [0.717, 1.165) is 17.3 Å². The average molecular weight is 323 g/mol. The molecular formula is C12H11BrN4O2. The Balaban J connectivity index is 1.87. The highest BCUT2D eigenvalue weighted by Crippen LogP contribution is 2.30. The Morgan fingerprint density at radius 2 is 2.26 bits per heavy atom. The van der Waals surface area contributed by atoms with E-state index in [2.05, 4.69) is 31.4 Å². The van der Waals surface area contributed by atoms with Crippen molar-refractivity contribution in [2.45, 2.75) is 18.9 Å². The van der Waals surface area contributed by atoms with E-state index >= 15 is 0 Å². The van der Waals surface area contributed by atoms with Gasteiger partial charge in [0.05, 0.1) is 11.3 Å². The fourth-order valence-electron chi connectivity index (χ4n) is 1.63. The van der Waals surface area contributed by atoms with Gasteiger partial charge in [0.15, 0.2) is 0 Å². The second-order valence-electron chi connectivity index (χ2n) is 4.37. The minimum absolute atomic E-state index is 0.0290.